The Labute approximate surface area is 174 Å². The predicted molar refractivity (Wildman–Crippen MR) is 115 cm³/mol. The van der Waals surface area contributed by atoms with Gasteiger partial charge in [-0.15, -0.1) is 0 Å². The molecule has 3 rings (SSSR count). The first-order valence-corrected chi connectivity index (χ1v) is 10.1. The molecule has 8 heteroatoms. The molecule has 3 aromatic rings. The number of hydrogen-bond donors (Lipinski definition) is 2. The number of benzene rings is 1. The molecule has 1 amide bonds. The van der Waals surface area contributed by atoms with Gasteiger partial charge in [-0.1, -0.05) is 18.2 Å². The molecule has 1 aromatic carbocycles. The summed E-state index contributed by atoms with van der Waals surface area (Å²) in [6, 6.07) is 8.33. The molecular formula is C21H24N4O3S. The van der Waals surface area contributed by atoms with Gasteiger partial charge in [0.1, 0.15) is 6.04 Å². The van der Waals surface area contributed by atoms with E-state index in [4.69, 9.17) is 9.72 Å². The standard InChI is InChI=1S/C21H24N4O3S/c1-4-25-11-16(13(3)24-25)18-10-15(14-8-6-7-9-17(14)22-18)20(26)23-19(12-29)21(27)28-5-2/h6-11,19,29H,4-5,12H2,1-3H3,(H,23,26)/t19-/m0/s1. The molecule has 2 aromatic heterocycles. The highest BCUT2D eigenvalue weighted by molar-refractivity contribution is 7.80. The Hall–Kier alpha value is -2.87. The van der Waals surface area contributed by atoms with Gasteiger partial charge in [-0.05, 0) is 32.9 Å². The number of hydrogen-bond acceptors (Lipinski definition) is 6. The van der Waals surface area contributed by atoms with Gasteiger partial charge < -0.3 is 10.1 Å². The zero-order chi connectivity index (χ0) is 21.0. The quantitative estimate of drug-likeness (QED) is 0.460. The molecule has 29 heavy (non-hydrogen) atoms. The second-order valence-corrected chi connectivity index (χ2v) is 6.88. The Balaban J connectivity index is 2.05. The monoisotopic (exact) mass is 412 g/mol. The van der Waals surface area contributed by atoms with E-state index >= 15 is 0 Å². The summed E-state index contributed by atoms with van der Waals surface area (Å²) in [5.41, 5.74) is 3.48. The summed E-state index contributed by atoms with van der Waals surface area (Å²) in [6.45, 7) is 6.62. The number of carbonyl (C=O) groups is 2. The van der Waals surface area contributed by atoms with E-state index in [0.29, 0.717) is 22.2 Å². The minimum atomic E-state index is -0.828. The Kier molecular flexibility index (Phi) is 6.53. The first-order valence-electron chi connectivity index (χ1n) is 9.51. The number of aryl methyl sites for hydroxylation is 2. The van der Waals surface area contributed by atoms with Crippen molar-refractivity contribution in [1.29, 1.82) is 0 Å². The fourth-order valence-electron chi connectivity index (χ4n) is 3.09. The van der Waals surface area contributed by atoms with Gasteiger partial charge in [-0.2, -0.15) is 17.7 Å². The SMILES string of the molecule is CCOC(=O)[C@H](CS)NC(=O)c1cc(-c2cn(CC)nc2C)nc2ccccc12. The Morgan fingerprint density at radius 1 is 1.28 bits per heavy atom. The van der Waals surface area contributed by atoms with E-state index in [1.54, 1.807) is 13.0 Å². The van der Waals surface area contributed by atoms with Crippen LogP contribution in [0.15, 0.2) is 36.5 Å². The number of ether oxygens (including phenoxy) is 1. The smallest absolute Gasteiger partial charge is 0.329 e. The van der Waals surface area contributed by atoms with Crippen LogP contribution in [0.1, 0.15) is 29.9 Å². The first kappa shape index (κ1) is 20.9. The molecular weight excluding hydrogens is 388 g/mol. The summed E-state index contributed by atoms with van der Waals surface area (Å²) in [6.07, 6.45) is 1.92. The van der Waals surface area contributed by atoms with Gasteiger partial charge in [0.15, 0.2) is 0 Å². The van der Waals surface area contributed by atoms with Gasteiger partial charge in [-0.3, -0.25) is 9.48 Å². The van der Waals surface area contributed by atoms with E-state index < -0.39 is 12.0 Å². The lowest BCUT2D eigenvalue weighted by Crippen LogP contribution is -2.43. The Morgan fingerprint density at radius 3 is 2.69 bits per heavy atom. The molecule has 0 aliphatic rings. The molecule has 0 fully saturated rings. The zero-order valence-corrected chi connectivity index (χ0v) is 17.6. The molecule has 1 atom stereocenters. The van der Waals surface area contributed by atoms with Crippen molar-refractivity contribution in [3.63, 3.8) is 0 Å². The van der Waals surface area contributed by atoms with Crippen LogP contribution in [0.2, 0.25) is 0 Å². The van der Waals surface area contributed by atoms with Gasteiger partial charge >= 0.3 is 5.97 Å². The van der Waals surface area contributed by atoms with Crippen LogP contribution in [0.5, 0.6) is 0 Å². The second-order valence-electron chi connectivity index (χ2n) is 6.52. The molecule has 0 saturated carbocycles. The van der Waals surface area contributed by atoms with Crippen LogP contribution in [0, 0.1) is 6.92 Å². The molecule has 0 saturated heterocycles. The van der Waals surface area contributed by atoms with Crippen LogP contribution in [0.25, 0.3) is 22.2 Å². The molecule has 0 bridgehead atoms. The van der Waals surface area contributed by atoms with Crippen molar-refractivity contribution in [2.45, 2.75) is 33.4 Å². The fourth-order valence-corrected chi connectivity index (χ4v) is 3.33. The van der Waals surface area contributed by atoms with Crippen LogP contribution >= 0.6 is 12.6 Å². The van der Waals surface area contributed by atoms with Crippen molar-refractivity contribution in [1.82, 2.24) is 20.1 Å². The van der Waals surface area contributed by atoms with Gasteiger partial charge in [0, 0.05) is 29.4 Å². The fraction of sp³-hybridized carbons (Fsp3) is 0.333. The largest absolute Gasteiger partial charge is 0.464 e. The molecule has 152 valence electrons. The number of carbonyl (C=O) groups excluding carboxylic acids is 2. The van der Waals surface area contributed by atoms with Crippen LogP contribution in [-0.2, 0) is 16.1 Å². The lowest BCUT2D eigenvalue weighted by Gasteiger charge is -2.16. The van der Waals surface area contributed by atoms with Crippen molar-refractivity contribution in [2.24, 2.45) is 0 Å². The molecule has 0 spiro atoms. The van der Waals surface area contributed by atoms with E-state index in [1.165, 1.54) is 0 Å². The lowest BCUT2D eigenvalue weighted by molar-refractivity contribution is -0.144. The predicted octanol–water partition coefficient (Wildman–Crippen LogP) is 3.02. The third-order valence-electron chi connectivity index (χ3n) is 4.57. The number of esters is 1. The van der Waals surface area contributed by atoms with Gasteiger partial charge in [-0.25, -0.2) is 9.78 Å². The Morgan fingerprint density at radius 2 is 2.03 bits per heavy atom. The van der Waals surface area contributed by atoms with E-state index in [2.05, 4.69) is 23.0 Å². The summed E-state index contributed by atoms with van der Waals surface area (Å²) >= 11 is 4.17. The maximum atomic E-state index is 13.1. The summed E-state index contributed by atoms with van der Waals surface area (Å²) in [5, 5.41) is 7.91. The average molecular weight is 413 g/mol. The third kappa shape index (κ3) is 4.42. The van der Waals surface area contributed by atoms with Gasteiger partial charge in [0.05, 0.1) is 29.1 Å². The van der Waals surface area contributed by atoms with Crippen molar-refractivity contribution >= 4 is 35.4 Å². The van der Waals surface area contributed by atoms with E-state index in [0.717, 1.165) is 17.8 Å². The number of rotatable bonds is 7. The highest BCUT2D eigenvalue weighted by Crippen LogP contribution is 2.27. The number of nitrogens with one attached hydrogen (secondary N) is 1. The molecule has 7 nitrogen and oxygen atoms in total. The summed E-state index contributed by atoms with van der Waals surface area (Å²) in [4.78, 5) is 29.9. The van der Waals surface area contributed by atoms with Gasteiger partial charge in [0.25, 0.3) is 5.91 Å². The van der Waals surface area contributed by atoms with Crippen LogP contribution in [0.4, 0.5) is 0 Å². The van der Waals surface area contributed by atoms with Crippen LogP contribution in [0.3, 0.4) is 0 Å². The summed E-state index contributed by atoms with van der Waals surface area (Å²) in [7, 11) is 0. The number of aromatic nitrogens is 3. The lowest BCUT2D eigenvalue weighted by atomic mass is 10.0. The number of nitrogens with zero attached hydrogens (tertiary/aromatic N) is 3. The Bertz CT molecular complexity index is 1050. The van der Waals surface area contributed by atoms with Crippen molar-refractivity contribution < 1.29 is 14.3 Å². The maximum absolute atomic E-state index is 13.1. The van der Waals surface area contributed by atoms with Crippen molar-refractivity contribution in [3.05, 3.63) is 47.8 Å². The molecule has 0 radical (unpaired) electrons. The number of amides is 1. The highest BCUT2D eigenvalue weighted by Gasteiger charge is 2.23. The molecule has 0 aliphatic heterocycles. The maximum Gasteiger partial charge on any atom is 0.329 e. The highest BCUT2D eigenvalue weighted by atomic mass is 32.1. The molecule has 2 heterocycles. The van der Waals surface area contributed by atoms with Crippen LogP contribution < -0.4 is 5.32 Å². The topological polar surface area (TPSA) is 86.1 Å². The first-order chi connectivity index (χ1) is 14.0. The summed E-state index contributed by atoms with van der Waals surface area (Å²) < 4.78 is 6.85. The van der Waals surface area contributed by atoms with E-state index in [-0.39, 0.29) is 18.3 Å². The zero-order valence-electron chi connectivity index (χ0n) is 16.7. The van der Waals surface area contributed by atoms with E-state index in [1.807, 2.05) is 49.0 Å². The summed E-state index contributed by atoms with van der Waals surface area (Å²) in [5.74, 6) is -0.741. The van der Waals surface area contributed by atoms with Crippen molar-refractivity contribution in [2.75, 3.05) is 12.4 Å². The minimum Gasteiger partial charge on any atom is -0.464 e. The van der Waals surface area contributed by atoms with Gasteiger partial charge in [0.2, 0.25) is 0 Å². The normalized spacial score (nSPS) is 12.0. The average Bonchev–Trinajstić information content (AvgIpc) is 3.11. The molecule has 0 aliphatic carbocycles. The second kappa shape index (κ2) is 9.09. The number of para-hydroxylation sites is 1. The minimum absolute atomic E-state index is 0.142. The number of fused-ring (bicyclic) bond motifs is 1. The van der Waals surface area contributed by atoms with Crippen LogP contribution in [-0.4, -0.2) is 45.0 Å². The number of pyridine rings is 1. The molecule has 1 N–H and O–H groups in total. The van der Waals surface area contributed by atoms with Crippen molar-refractivity contribution in [3.8, 4) is 11.3 Å². The molecule has 0 unspecified atom stereocenters. The van der Waals surface area contributed by atoms with E-state index in [9.17, 15) is 9.59 Å². The third-order valence-corrected chi connectivity index (χ3v) is 4.93. The number of thiol groups is 1.